The second-order valence-corrected chi connectivity index (χ2v) is 4.43. The summed E-state index contributed by atoms with van der Waals surface area (Å²) >= 11 is 0. The van der Waals surface area contributed by atoms with Gasteiger partial charge in [-0.05, 0) is 42.3 Å². The van der Waals surface area contributed by atoms with Crippen LogP contribution in [0.1, 0.15) is 5.82 Å². The van der Waals surface area contributed by atoms with Gasteiger partial charge >= 0.3 is 0 Å². The lowest BCUT2D eigenvalue weighted by Gasteiger charge is -2.04. The Balaban J connectivity index is 2.25. The van der Waals surface area contributed by atoms with E-state index in [1.54, 1.807) is 31.2 Å². The van der Waals surface area contributed by atoms with Crippen LogP contribution in [0.15, 0.2) is 47.3 Å². The summed E-state index contributed by atoms with van der Waals surface area (Å²) in [6, 6.07) is 12.4. The lowest BCUT2D eigenvalue weighted by atomic mass is 10.0. The van der Waals surface area contributed by atoms with Gasteiger partial charge in [-0.15, -0.1) is 0 Å². The number of fused-ring (bicyclic) bond motifs is 1. The molecule has 94 valence electrons. The summed E-state index contributed by atoms with van der Waals surface area (Å²) in [6.45, 7) is 1.75. The van der Waals surface area contributed by atoms with Crippen molar-refractivity contribution in [2.75, 3.05) is 0 Å². The Labute approximate surface area is 109 Å². The van der Waals surface area contributed by atoms with Crippen LogP contribution in [0.25, 0.3) is 22.0 Å². The zero-order valence-electron chi connectivity index (χ0n) is 10.3. The van der Waals surface area contributed by atoms with Gasteiger partial charge in [0.1, 0.15) is 11.6 Å². The van der Waals surface area contributed by atoms with Crippen LogP contribution in [0.3, 0.4) is 0 Å². The van der Waals surface area contributed by atoms with Crippen molar-refractivity contribution in [2.24, 2.45) is 0 Å². The van der Waals surface area contributed by atoms with Gasteiger partial charge in [-0.25, -0.2) is 4.98 Å². The molecular weight excluding hydrogens is 240 g/mol. The number of phenols is 1. The molecule has 0 unspecified atom stereocenters. The number of hydrogen-bond donors (Lipinski definition) is 2. The Morgan fingerprint density at radius 1 is 1.11 bits per heavy atom. The van der Waals surface area contributed by atoms with E-state index in [1.165, 1.54) is 0 Å². The van der Waals surface area contributed by atoms with E-state index in [4.69, 9.17) is 0 Å². The minimum absolute atomic E-state index is 0.149. The van der Waals surface area contributed by atoms with Crippen LogP contribution >= 0.6 is 0 Å². The van der Waals surface area contributed by atoms with E-state index in [1.807, 2.05) is 18.2 Å². The molecule has 0 bridgehead atoms. The number of phenolic OH excluding ortho intramolecular Hbond substituents is 1. The van der Waals surface area contributed by atoms with E-state index in [-0.39, 0.29) is 11.3 Å². The van der Waals surface area contributed by atoms with Crippen molar-refractivity contribution < 1.29 is 5.11 Å². The molecule has 0 fully saturated rings. The molecule has 3 aromatic rings. The van der Waals surface area contributed by atoms with Gasteiger partial charge in [-0.3, -0.25) is 4.79 Å². The maximum atomic E-state index is 11.9. The quantitative estimate of drug-likeness (QED) is 0.699. The molecule has 2 aromatic carbocycles. The third kappa shape index (κ3) is 2.08. The fourth-order valence-electron chi connectivity index (χ4n) is 2.12. The predicted octanol–water partition coefficient (Wildman–Crippen LogP) is 2.60. The van der Waals surface area contributed by atoms with Gasteiger partial charge in [0.2, 0.25) is 0 Å². The third-order valence-electron chi connectivity index (χ3n) is 3.00. The van der Waals surface area contributed by atoms with E-state index >= 15 is 0 Å². The molecule has 0 aliphatic heterocycles. The highest BCUT2D eigenvalue weighted by Gasteiger charge is 2.05. The normalized spacial score (nSPS) is 10.8. The lowest BCUT2D eigenvalue weighted by Crippen LogP contribution is -2.09. The molecule has 0 radical (unpaired) electrons. The van der Waals surface area contributed by atoms with Crippen LogP contribution in [0.2, 0.25) is 0 Å². The summed E-state index contributed by atoms with van der Waals surface area (Å²) in [4.78, 5) is 18.9. The SMILES string of the molecule is Cc1nc2ccc(-c3cccc(O)c3)cc2c(=O)[nH]1. The number of aryl methyl sites for hydroxylation is 1. The van der Waals surface area contributed by atoms with Crippen molar-refractivity contribution in [1.29, 1.82) is 0 Å². The Hall–Kier alpha value is -2.62. The zero-order chi connectivity index (χ0) is 13.4. The zero-order valence-corrected chi connectivity index (χ0v) is 10.3. The van der Waals surface area contributed by atoms with E-state index in [0.717, 1.165) is 11.1 Å². The molecule has 0 amide bonds. The van der Waals surface area contributed by atoms with E-state index in [9.17, 15) is 9.90 Å². The van der Waals surface area contributed by atoms with Gasteiger partial charge in [0, 0.05) is 0 Å². The van der Waals surface area contributed by atoms with Crippen molar-refractivity contribution in [2.45, 2.75) is 6.92 Å². The van der Waals surface area contributed by atoms with Gasteiger partial charge in [0.05, 0.1) is 10.9 Å². The first-order valence-electron chi connectivity index (χ1n) is 5.93. The molecule has 1 aromatic heterocycles. The average molecular weight is 252 g/mol. The van der Waals surface area contributed by atoms with Crippen LogP contribution in [-0.4, -0.2) is 15.1 Å². The highest BCUT2D eigenvalue weighted by Crippen LogP contribution is 2.24. The second-order valence-electron chi connectivity index (χ2n) is 4.43. The average Bonchev–Trinajstić information content (AvgIpc) is 2.38. The van der Waals surface area contributed by atoms with Crippen LogP contribution in [0.5, 0.6) is 5.75 Å². The Kier molecular flexibility index (Phi) is 2.56. The van der Waals surface area contributed by atoms with Crippen LogP contribution in [0.4, 0.5) is 0 Å². The maximum absolute atomic E-state index is 11.9. The Bertz CT molecular complexity index is 822. The molecule has 0 aliphatic rings. The molecule has 19 heavy (non-hydrogen) atoms. The summed E-state index contributed by atoms with van der Waals surface area (Å²) < 4.78 is 0. The molecule has 4 nitrogen and oxygen atoms in total. The van der Waals surface area contributed by atoms with Gasteiger partial charge in [-0.1, -0.05) is 18.2 Å². The summed E-state index contributed by atoms with van der Waals surface area (Å²) in [5.41, 5.74) is 2.26. The van der Waals surface area contributed by atoms with Crippen LogP contribution in [-0.2, 0) is 0 Å². The van der Waals surface area contributed by atoms with E-state index < -0.39 is 0 Å². The number of benzene rings is 2. The monoisotopic (exact) mass is 252 g/mol. The number of aromatic nitrogens is 2. The second kappa shape index (κ2) is 4.24. The number of aromatic hydroxyl groups is 1. The Morgan fingerprint density at radius 3 is 2.68 bits per heavy atom. The topological polar surface area (TPSA) is 66.0 Å². The lowest BCUT2D eigenvalue weighted by molar-refractivity contribution is 0.475. The molecule has 0 aliphatic carbocycles. The summed E-state index contributed by atoms with van der Waals surface area (Å²) in [5, 5.41) is 10.0. The number of rotatable bonds is 1. The highest BCUT2D eigenvalue weighted by molar-refractivity contribution is 5.83. The van der Waals surface area contributed by atoms with Crippen molar-refractivity contribution in [3.8, 4) is 16.9 Å². The predicted molar refractivity (Wildman–Crippen MR) is 74.2 cm³/mol. The van der Waals surface area contributed by atoms with Gasteiger partial charge in [-0.2, -0.15) is 0 Å². The van der Waals surface area contributed by atoms with Crippen molar-refractivity contribution in [1.82, 2.24) is 9.97 Å². The molecule has 0 atom stereocenters. The molecule has 0 spiro atoms. The number of hydrogen-bond acceptors (Lipinski definition) is 3. The maximum Gasteiger partial charge on any atom is 0.258 e. The van der Waals surface area contributed by atoms with Crippen LogP contribution in [0, 0.1) is 6.92 Å². The smallest absolute Gasteiger partial charge is 0.258 e. The first-order valence-corrected chi connectivity index (χ1v) is 5.93. The van der Waals surface area contributed by atoms with Gasteiger partial charge < -0.3 is 10.1 Å². The van der Waals surface area contributed by atoms with Gasteiger partial charge in [0.15, 0.2) is 0 Å². The summed E-state index contributed by atoms with van der Waals surface area (Å²) in [6.07, 6.45) is 0. The van der Waals surface area contributed by atoms with Crippen LogP contribution < -0.4 is 5.56 Å². The molecular formula is C15H12N2O2. The molecule has 1 heterocycles. The number of H-pyrrole nitrogens is 1. The number of nitrogens with zero attached hydrogens (tertiary/aromatic N) is 1. The number of nitrogens with one attached hydrogen (secondary N) is 1. The van der Waals surface area contributed by atoms with Crippen molar-refractivity contribution in [3.63, 3.8) is 0 Å². The highest BCUT2D eigenvalue weighted by atomic mass is 16.3. The fourth-order valence-corrected chi connectivity index (χ4v) is 2.12. The third-order valence-corrected chi connectivity index (χ3v) is 3.00. The minimum atomic E-state index is -0.149. The first kappa shape index (κ1) is 11.5. The molecule has 2 N–H and O–H groups in total. The first-order chi connectivity index (χ1) is 9.13. The van der Waals surface area contributed by atoms with Gasteiger partial charge in [0.25, 0.3) is 5.56 Å². The summed E-state index contributed by atoms with van der Waals surface area (Å²) in [7, 11) is 0. The molecule has 0 saturated heterocycles. The largest absolute Gasteiger partial charge is 0.508 e. The molecule has 4 heteroatoms. The fraction of sp³-hybridized carbons (Fsp3) is 0.0667. The minimum Gasteiger partial charge on any atom is -0.508 e. The van der Waals surface area contributed by atoms with Crippen molar-refractivity contribution >= 4 is 10.9 Å². The van der Waals surface area contributed by atoms with E-state index in [2.05, 4.69) is 9.97 Å². The summed E-state index contributed by atoms with van der Waals surface area (Å²) in [5.74, 6) is 0.802. The van der Waals surface area contributed by atoms with E-state index in [0.29, 0.717) is 16.7 Å². The standard InChI is InChI=1S/C15H12N2O2/c1-9-16-14-6-5-11(8-13(14)15(19)17-9)10-3-2-4-12(18)7-10/h2-8,18H,1H3,(H,16,17,19). The molecule has 3 rings (SSSR count). The number of aromatic amines is 1. The van der Waals surface area contributed by atoms with Crippen molar-refractivity contribution in [3.05, 3.63) is 58.6 Å². The molecule has 0 saturated carbocycles. The Morgan fingerprint density at radius 2 is 1.89 bits per heavy atom.